The quantitative estimate of drug-likeness (QED) is 0.541. The van der Waals surface area contributed by atoms with Crippen LogP contribution in [0.1, 0.15) is 19.3 Å². The highest BCUT2D eigenvalue weighted by Gasteiger charge is 2.29. The zero-order chi connectivity index (χ0) is 7.56. The molecule has 10 heavy (non-hydrogen) atoms. The number of aliphatic hydroxyl groups is 2. The molecule has 0 aromatic carbocycles. The van der Waals surface area contributed by atoms with Crippen LogP contribution in [0.3, 0.4) is 0 Å². The maximum atomic E-state index is 9.37. The van der Waals surface area contributed by atoms with E-state index in [-0.39, 0.29) is 18.1 Å². The average molecular weight is 256 g/mol. The van der Waals surface area contributed by atoms with E-state index in [4.69, 9.17) is 0 Å². The van der Waals surface area contributed by atoms with Crippen LogP contribution in [0.25, 0.3) is 0 Å². The van der Waals surface area contributed by atoms with Crippen LogP contribution in [0.4, 0.5) is 0 Å². The Morgan fingerprint density at radius 1 is 1.20 bits per heavy atom. The molecule has 3 heteroatoms. The van der Waals surface area contributed by atoms with E-state index in [1.165, 1.54) is 0 Å². The standard InChI is InChI=1S/C7H13IO2/c8-4-5-6(9)2-1-3-7(5)10/h5-7,9-10H,1-4H2. The van der Waals surface area contributed by atoms with Crippen molar-refractivity contribution in [3.05, 3.63) is 0 Å². The van der Waals surface area contributed by atoms with Gasteiger partial charge in [-0.25, -0.2) is 0 Å². The van der Waals surface area contributed by atoms with Crippen molar-refractivity contribution in [2.24, 2.45) is 5.92 Å². The topological polar surface area (TPSA) is 40.5 Å². The van der Waals surface area contributed by atoms with E-state index >= 15 is 0 Å². The van der Waals surface area contributed by atoms with Crippen molar-refractivity contribution in [3.8, 4) is 0 Å². The molecule has 2 unspecified atom stereocenters. The molecule has 1 rings (SSSR count). The molecular formula is C7H13IO2. The van der Waals surface area contributed by atoms with Crippen molar-refractivity contribution in [3.63, 3.8) is 0 Å². The second-order valence-corrected chi connectivity index (χ2v) is 3.76. The Hall–Kier alpha value is 0.650. The molecule has 2 nitrogen and oxygen atoms in total. The highest BCUT2D eigenvalue weighted by molar-refractivity contribution is 14.1. The third kappa shape index (κ3) is 1.83. The van der Waals surface area contributed by atoms with Gasteiger partial charge in [-0.3, -0.25) is 0 Å². The Morgan fingerprint density at radius 3 is 2.00 bits per heavy atom. The molecule has 0 bridgehead atoms. The summed E-state index contributed by atoms with van der Waals surface area (Å²) in [6.07, 6.45) is 2.17. The second kappa shape index (κ2) is 3.88. The van der Waals surface area contributed by atoms with Gasteiger partial charge in [-0.2, -0.15) is 0 Å². The molecule has 2 atom stereocenters. The molecule has 1 aliphatic carbocycles. The highest BCUT2D eigenvalue weighted by Crippen LogP contribution is 2.26. The van der Waals surface area contributed by atoms with E-state index in [1.807, 2.05) is 0 Å². The van der Waals surface area contributed by atoms with E-state index in [1.54, 1.807) is 0 Å². The van der Waals surface area contributed by atoms with Gasteiger partial charge in [-0.15, -0.1) is 0 Å². The summed E-state index contributed by atoms with van der Waals surface area (Å²) in [7, 11) is 0. The molecule has 0 aromatic heterocycles. The summed E-state index contributed by atoms with van der Waals surface area (Å²) in [4.78, 5) is 0. The van der Waals surface area contributed by atoms with E-state index < -0.39 is 0 Å². The summed E-state index contributed by atoms with van der Waals surface area (Å²) in [6, 6.07) is 0. The first-order valence-corrected chi connectivity index (χ1v) is 5.20. The Bertz CT molecular complexity index is 97.8. The minimum Gasteiger partial charge on any atom is -0.393 e. The first-order valence-electron chi connectivity index (χ1n) is 3.68. The number of rotatable bonds is 1. The van der Waals surface area contributed by atoms with Crippen molar-refractivity contribution in [2.75, 3.05) is 4.43 Å². The zero-order valence-electron chi connectivity index (χ0n) is 5.83. The van der Waals surface area contributed by atoms with E-state index in [2.05, 4.69) is 22.6 Å². The first-order chi connectivity index (χ1) is 4.75. The van der Waals surface area contributed by atoms with Gasteiger partial charge in [-0.1, -0.05) is 22.6 Å². The van der Waals surface area contributed by atoms with Gasteiger partial charge in [0.1, 0.15) is 0 Å². The monoisotopic (exact) mass is 256 g/mol. The van der Waals surface area contributed by atoms with Crippen LogP contribution in [0.5, 0.6) is 0 Å². The fourth-order valence-corrected chi connectivity index (χ4v) is 2.60. The Balaban J connectivity index is 2.45. The van der Waals surface area contributed by atoms with Crippen molar-refractivity contribution in [1.29, 1.82) is 0 Å². The largest absolute Gasteiger partial charge is 0.393 e. The van der Waals surface area contributed by atoms with Crippen LogP contribution in [-0.2, 0) is 0 Å². The molecule has 1 aliphatic rings. The number of hydrogen-bond acceptors (Lipinski definition) is 2. The smallest absolute Gasteiger partial charge is 0.0600 e. The molecule has 0 aromatic rings. The van der Waals surface area contributed by atoms with Crippen molar-refractivity contribution in [2.45, 2.75) is 31.5 Å². The predicted molar refractivity (Wildman–Crippen MR) is 48.2 cm³/mol. The fourth-order valence-electron chi connectivity index (χ4n) is 1.43. The van der Waals surface area contributed by atoms with E-state index in [0.717, 1.165) is 23.7 Å². The van der Waals surface area contributed by atoms with Crippen LogP contribution < -0.4 is 0 Å². The number of alkyl halides is 1. The number of aliphatic hydroxyl groups excluding tert-OH is 2. The van der Waals surface area contributed by atoms with Crippen molar-refractivity contribution in [1.82, 2.24) is 0 Å². The second-order valence-electron chi connectivity index (χ2n) is 2.88. The lowest BCUT2D eigenvalue weighted by Gasteiger charge is -2.30. The van der Waals surface area contributed by atoms with Crippen LogP contribution in [0.15, 0.2) is 0 Å². The van der Waals surface area contributed by atoms with Gasteiger partial charge in [-0.05, 0) is 19.3 Å². The van der Waals surface area contributed by atoms with Crippen LogP contribution in [0, 0.1) is 5.92 Å². The summed E-state index contributed by atoms with van der Waals surface area (Å²) < 4.78 is 0.861. The van der Waals surface area contributed by atoms with Gasteiger partial charge in [0.25, 0.3) is 0 Å². The normalized spacial score (nSPS) is 41.7. The third-order valence-corrected chi connectivity index (χ3v) is 3.18. The third-order valence-electron chi connectivity index (χ3n) is 2.17. The van der Waals surface area contributed by atoms with Crippen LogP contribution in [0.2, 0.25) is 0 Å². The molecule has 0 amide bonds. The lowest BCUT2D eigenvalue weighted by atomic mass is 9.85. The zero-order valence-corrected chi connectivity index (χ0v) is 7.99. The Labute approximate surface area is 74.8 Å². The van der Waals surface area contributed by atoms with Crippen molar-refractivity contribution >= 4 is 22.6 Å². The number of halogens is 1. The Morgan fingerprint density at radius 2 is 1.70 bits per heavy atom. The molecule has 0 spiro atoms. The molecular weight excluding hydrogens is 243 g/mol. The lowest BCUT2D eigenvalue weighted by Crippen LogP contribution is -2.36. The molecule has 0 radical (unpaired) electrons. The Kier molecular flexibility index (Phi) is 3.39. The lowest BCUT2D eigenvalue weighted by molar-refractivity contribution is -0.0105. The van der Waals surface area contributed by atoms with Crippen LogP contribution in [-0.4, -0.2) is 26.8 Å². The number of hydrogen-bond donors (Lipinski definition) is 2. The summed E-state index contributed by atoms with van der Waals surface area (Å²) in [5.74, 6) is 0.120. The van der Waals surface area contributed by atoms with E-state index in [0.29, 0.717) is 0 Å². The summed E-state index contributed by atoms with van der Waals surface area (Å²) in [5.41, 5.74) is 0. The van der Waals surface area contributed by atoms with Crippen LogP contribution >= 0.6 is 22.6 Å². The fraction of sp³-hybridized carbons (Fsp3) is 1.00. The predicted octanol–water partition coefficient (Wildman–Crippen LogP) is 0.943. The first kappa shape index (κ1) is 8.74. The average Bonchev–Trinajstić information content (AvgIpc) is 1.88. The van der Waals surface area contributed by atoms with Gasteiger partial charge in [0.05, 0.1) is 12.2 Å². The van der Waals surface area contributed by atoms with Gasteiger partial charge in [0.15, 0.2) is 0 Å². The molecule has 0 heterocycles. The van der Waals surface area contributed by atoms with Gasteiger partial charge < -0.3 is 10.2 Å². The SMILES string of the molecule is OC1CCCC(O)C1CI. The summed E-state index contributed by atoms with van der Waals surface area (Å²) in [5, 5.41) is 18.7. The van der Waals surface area contributed by atoms with Gasteiger partial charge >= 0.3 is 0 Å². The molecule has 60 valence electrons. The molecule has 1 saturated carbocycles. The molecule has 1 fully saturated rings. The minimum absolute atomic E-state index is 0.120. The molecule has 0 aliphatic heterocycles. The minimum atomic E-state index is -0.263. The summed E-state index contributed by atoms with van der Waals surface area (Å²) >= 11 is 2.22. The molecule has 0 saturated heterocycles. The van der Waals surface area contributed by atoms with E-state index in [9.17, 15) is 10.2 Å². The van der Waals surface area contributed by atoms with Gasteiger partial charge in [0, 0.05) is 10.3 Å². The van der Waals surface area contributed by atoms with Crippen molar-refractivity contribution < 1.29 is 10.2 Å². The highest BCUT2D eigenvalue weighted by atomic mass is 127. The summed E-state index contributed by atoms with van der Waals surface area (Å²) in [6.45, 7) is 0. The van der Waals surface area contributed by atoms with Gasteiger partial charge in [0.2, 0.25) is 0 Å². The maximum Gasteiger partial charge on any atom is 0.0600 e. The maximum absolute atomic E-state index is 9.37. The molecule has 2 N–H and O–H groups in total.